The zero-order valence-electron chi connectivity index (χ0n) is 19.4. The Labute approximate surface area is 226 Å². The zero-order valence-corrected chi connectivity index (χ0v) is 21.8. The summed E-state index contributed by atoms with van der Waals surface area (Å²) in [6.07, 6.45) is 1.48. The summed E-state index contributed by atoms with van der Waals surface area (Å²) in [6.45, 7) is 0. The number of hydrogen-bond donors (Lipinski definition) is 1. The second kappa shape index (κ2) is 11.0. The van der Waals surface area contributed by atoms with Crippen molar-refractivity contribution < 1.29 is 31.9 Å². The molecule has 0 bridgehead atoms. The lowest BCUT2D eigenvalue weighted by atomic mass is 10.2. The van der Waals surface area contributed by atoms with E-state index in [0.717, 1.165) is 28.9 Å². The van der Waals surface area contributed by atoms with Gasteiger partial charge < -0.3 is 8.92 Å². The van der Waals surface area contributed by atoms with E-state index < -0.39 is 37.4 Å². The van der Waals surface area contributed by atoms with E-state index in [9.17, 15) is 28.1 Å². The average molecular weight is 572 g/mol. The van der Waals surface area contributed by atoms with Gasteiger partial charge in [-0.1, -0.05) is 48.2 Å². The van der Waals surface area contributed by atoms with Gasteiger partial charge in [0.15, 0.2) is 20.7 Å². The maximum Gasteiger partial charge on any atom is 0.346 e. The van der Waals surface area contributed by atoms with Gasteiger partial charge in [-0.2, -0.15) is 13.4 Å². The molecular weight excluding hydrogens is 554 g/mol. The molecule has 14 heteroatoms. The number of methoxy groups -OCH3 is 1. The molecule has 0 spiro atoms. The van der Waals surface area contributed by atoms with E-state index in [0.29, 0.717) is 11.1 Å². The molecule has 1 aliphatic heterocycles. The topological polar surface area (TPSA) is 145 Å². The van der Waals surface area contributed by atoms with E-state index in [1.54, 1.807) is 30.3 Å². The summed E-state index contributed by atoms with van der Waals surface area (Å²) in [5.74, 6) is -1.28. The molecule has 1 fully saturated rings. The predicted molar refractivity (Wildman–Crippen MR) is 143 cm³/mol. The summed E-state index contributed by atoms with van der Waals surface area (Å²) in [5.41, 5.74) is 2.63. The largest absolute Gasteiger partial charge is 0.493 e. The fourth-order valence-electron chi connectivity index (χ4n) is 3.30. The zero-order chi connectivity index (χ0) is 27.4. The minimum absolute atomic E-state index is 0.00577. The van der Waals surface area contributed by atoms with Gasteiger partial charge in [-0.25, -0.2) is 0 Å². The Hall–Kier alpha value is -4.27. The van der Waals surface area contributed by atoms with Crippen LogP contribution in [-0.2, 0) is 14.9 Å². The fraction of sp³-hybridized carbons (Fsp3) is 0.0417. The third kappa shape index (κ3) is 5.66. The molecule has 0 saturated carbocycles. The molecule has 38 heavy (non-hydrogen) atoms. The Kier molecular flexibility index (Phi) is 7.75. The molecule has 0 unspecified atom stereocenters. The highest BCUT2D eigenvalue weighted by atomic mass is 32.2. The number of carbonyl (C=O) groups is 2. The molecular formula is C24H17N3O8S3. The molecule has 194 valence electrons. The van der Waals surface area contributed by atoms with E-state index in [2.05, 4.69) is 5.43 Å². The quantitative estimate of drug-likeness (QED) is 0.139. The Morgan fingerprint density at radius 3 is 2.45 bits per heavy atom. The summed E-state index contributed by atoms with van der Waals surface area (Å²) in [4.78, 5) is 35.3. The smallest absolute Gasteiger partial charge is 0.346 e. The number of ether oxygens (including phenoxy) is 1. The van der Waals surface area contributed by atoms with Crippen LogP contribution < -0.4 is 14.3 Å². The minimum atomic E-state index is -4.57. The van der Waals surface area contributed by atoms with Crippen molar-refractivity contribution >= 4 is 62.0 Å². The van der Waals surface area contributed by atoms with Crippen LogP contribution in [0.25, 0.3) is 6.08 Å². The Balaban J connectivity index is 1.55. The van der Waals surface area contributed by atoms with Crippen LogP contribution in [0.1, 0.15) is 15.9 Å². The van der Waals surface area contributed by atoms with Crippen LogP contribution in [0.5, 0.6) is 11.5 Å². The number of thiocarbonyl (C=S) groups is 1. The van der Waals surface area contributed by atoms with Crippen molar-refractivity contribution in [3.63, 3.8) is 0 Å². The summed E-state index contributed by atoms with van der Waals surface area (Å²) >= 11 is 6.20. The van der Waals surface area contributed by atoms with E-state index in [1.807, 2.05) is 0 Å². The number of amides is 2. The fourth-order valence-corrected chi connectivity index (χ4v) is 5.58. The Bertz CT molecular complexity index is 1590. The van der Waals surface area contributed by atoms with Crippen molar-refractivity contribution in [2.45, 2.75) is 4.90 Å². The number of nitro groups is 1. The number of nitrogens with one attached hydrogen (secondary N) is 1. The summed E-state index contributed by atoms with van der Waals surface area (Å²) in [7, 11) is -3.29. The summed E-state index contributed by atoms with van der Waals surface area (Å²) in [6, 6.07) is 17.3. The monoisotopic (exact) mass is 571 g/mol. The predicted octanol–water partition coefficient (Wildman–Crippen LogP) is 3.92. The number of benzene rings is 3. The first-order valence-corrected chi connectivity index (χ1v) is 13.2. The number of nitrogens with zero attached hydrogens (tertiary/aromatic N) is 2. The van der Waals surface area contributed by atoms with Gasteiger partial charge in [0.05, 0.1) is 16.9 Å². The maximum absolute atomic E-state index is 12.9. The van der Waals surface area contributed by atoms with Crippen molar-refractivity contribution in [2.75, 3.05) is 7.11 Å². The molecule has 4 rings (SSSR count). The number of nitro benzene ring substituents is 1. The second-order valence-corrected chi connectivity index (χ2v) is 10.7. The van der Waals surface area contributed by atoms with E-state index in [-0.39, 0.29) is 20.7 Å². The molecule has 0 atom stereocenters. The number of hydrazine groups is 1. The van der Waals surface area contributed by atoms with Gasteiger partial charge in [0.25, 0.3) is 17.5 Å². The first-order chi connectivity index (χ1) is 18.1. The number of thioether (sulfide) groups is 1. The first-order valence-electron chi connectivity index (χ1n) is 10.6. The number of para-hydroxylation sites is 1. The molecule has 11 nitrogen and oxygen atoms in total. The molecule has 3 aromatic rings. The highest BCUT2D eigenvalue weighted by Crippen LogP contribution is 2.36. The standard InChI is InChI=1S/C24H17N3O8S3/c1-34-19-13-15(11-12-18(19)35-38(32,33)21-10-6-5-9-17(21)27(30)31)14-20-23(29)26(24(36)37-20)25-22(28)16-7-3-2-4-8-16/h2-14H,1H3,(H,25,28)/b20-14-. The molecule has 1 N–H and O–H groups in total. The van der Waals surface area contributed by atoms with Crippen LogP contribution in [0.4, 0.5) is 5.69 Å². The van der Waals surface area contributed by atoms with Crippen LogP contribution in [0.2, 0.25) is 0 Å². The average Bonchev–Trinajstić information content (AvgIpc) is 3.17. The van der Waals surface area contributed by atoms with Crippen LogP contribution in [0, 0.1) is 10.1 Å². The number of carbonyl (C=O) groups excluding carboxylic acids is 2. The SMILES string of the molecule is COc1cc(/C=C2\SC(=S)N(NC(=O)c3ccccc3)C2=O)ccc1OS(=O)(=O)c1ccccc1[N+](=O)[O-]. The van der Waals surface area contributed by atoms with Gasteiger partial charge >= 0.3 is 10.1 Å². The molecule has 0 aromatic heterocycles. The molecule has 0 aliphatic carbocycles. The van der Waals surface area contributed by atoms with Crippen LogP contribution in [-0.4, -0.2) is 41.6 Å². The first kappa shape index (κ1) is 26.8. The van der Waals surface area contributed by atoms with Crippen LogP contribution >= 0.6 is 24.0 Å². The number of hydrogen-bond acceptors (Lipinski definition) is 10. The number of rotatable bonds is 8. The third-order valence-corrected chi connectivity index (χ3v) is 7.64. The molecule has 2 amide bonds. The van der Waals surface area contributed by atoms with Gasteiger partial charge in [-0.05, 0) is 54.2 Å². The lowest BCUT2D eigenvalue weighted by Crippen LogP contribution is -2.44. The highest BCUT2D eigenvalue weighted by molar-refractivity contribution is 8.26. The normalized spacial score (nSPS) is 14.4. The van der Waals surface area contributed by atoms with Gasteiger partial charge in [-0.3, -0.25) is 25.1 Å². The molecule has 1 aliphatic rings. The van der Waals surface area contributed by atoms with Crippen molar-refractivity contribution in [3.8, 4) is 11.5 Å². The van der Waals surface area contributed by atoms with Crippen LogP contribution in [0.3, 0.4) is 0 Å². The maximum atomic E-state index is 12.9. The summed E-state index contributed by atoms with van der Waals surface area (Å²) in [5, 5.41) is 12.2. The molecule has 0 radical (unpaired) electrons. The second-order valence-electron chi connectivity index (χ2n) is 7.50. The Morgan fingerprint density at radius 1 is 1.08 bits per heavy atom. The molecule has 1 heterocycles. The Morgan fingerprint density at radius 2 is 1.76 bits per heavy atom. The van der Waals surface area contributed by atoms with Crippen LogP contribution in [0.15, 0.2) is 82.6 Å². The highest BCUT2D eigenvalue weighted by Gasteiger charge is 2.34. The van der Waals surface area contributed by atoms with Crippen molar-refractivity contribution in [1.29, 1.82) is 0 Å². The summed E-state index contributed by atoms with van der Waals surface area (Å²) < 4.78 is 36.0. The molecule has 3 aromatic carbocycles. The van der Waals surface area contributed by atoms with Gasteiger partial charge in [0.1, 0.15) is 0 Å². The van der Waals surface area contributed by atoms with Crippen molar-refractivity contribution in [3.05, 3.63) is 98.9 Å². The third-order valence-electron chi connectivity index (χ3n) is 5.06. The molecule has 1 saturated heterocycles. The lowest BCUT2D eigenvalue weighted by Gasteiger charge is -2.15. The van der Waals surface area contributed by atoms with Crippen molar-refractivity contribution in [2.24, 2.45) is 0 Å². The van der Waals surface area contributed by atoms with E-state index in [1.165, 1.54) is 43.5 Å². The van der Waals surface area contributed by atoms with Gasteiger partial charge in [0, 0.05) is 11.6 Å². The van der Waals surface area contributed by atoms with Gasteiger partial charge in [-0.15, -0.1) is 0 Å². The minimum Gasteiger partial charge on any atom is -0.493 e. The van der Waals surface area contributed by atoms with E-state index in [4.69, 9.17) is 21.1 Å². The van der Waals surface area contributed by atoms with Gasteiger partial charge in [0.2, 0.25) is 0 Å². The van der Waals surface area contributed by atoms with Crippen molar-refractivity contribution in [1.82, 2.24) is 10.4 Å². The lowest BCUT2D eigenvalue weighted by molar-refractivity contribution is -0.387. The van der Waals surface area contributed by atoms with E-state index >= 15 is 0 Å².